The third kappa shape index (κ3) is 6.07. The molecule has 0 amide bonds. The minimum Gasteiger partial charge on any atom is -0.377 e. The van der Waals surface area contributed by atoms with Gasteiger partial charge in [0.05, 0.1) is 17.9 Å². The molecule has 4 nitrogen and oxygen atoms in total. The fourth-order valence-corrected chi connectivity index (χ4v) is 6.34. The van der Waals surface area contributed by atoms with E-state index in [0.717, 1.165) is 22.4 Å². The maximum atomic E-state index is 15.4. The number of anilines is 2. The quantitative estimate of drug-likeness (QED) is 0.116. The first-order chi connectivity index (χ1) is 21.2. The number of benzene rings is 4. The first-order valence-electron chi connectivity index (χ1n) is 15.1. The van der Waals surface area contributed by atoms with E-state index in [0.29, 0.717) is 29.4 Å². The minimum atomic E-state index is -0.798. The number of rotatable bonds is 10. The molecule has 1 saturated carbocycles. The Morgan fingerprint density at radius 2 is 1.33 bits per heavy atom. The van der Waals surface area contributed by atoms with Gasteiger partial charge in [0.25, 0.3) is 0 Å². The van der Waals surface area contributed by atoms with Crippen LogP contribution in [-0.2, 0) is 12.1 Å². The minimum absolute atomic E-state index is 0.356. The lowest BCUT2D eigenvalue weighted by molar-refractivity contribution is 0.443. The van der Waals surface area contributed by atoms with Gasteiger partial charge in [-0.25, -0.2) is 4.39 Å². The molecule has 1 aromatic heterocycles. The van der Waals surface area contributed by atoms with Crippen LogP contribution in [0.15, 0.2) is 121 Å². The molecular formula is C38H37FN4. The van der Waals surface area contributed by atoms with Gasteiger partial charge in [0.1, 0.15) is 11.4 Å². The summed E-state index contributed by atoms with van der Waals surface area (Å²) in [7, 11) is 0. The molecule has 43 heavy (non-hydrogen) atoms. The number of halogens is 1. The van der Waals surface area contributed by atoms with E-state index in [4.69, 9.17) is 10.4 Å². The van der Waals surface area contributed by atoms with Gasteiger partial charge >= 0.3 is 0 Å². The molecule has 5 heteroatoms. The molecular weight excluding hydrogens is 531 g/mol. The van der Waals surface area contributed by atoms with Crippen LogP contribution in [0.3, 0.4) is 0 Å². The third-order valence-corrected chi connectivity index (χ3v) is 8.62. The Kier molecular flexibility index (Phi) is 8.60. The lowest BCUT2D eigenvalue weighted by atomic mass is 9.76. The summed E-state index contributed by atoms with van der Waals surface area (Å²) in [5, 5.41) is 15.2. The number of nitrogens with one attached hydrogen (secondary N) is 3. The van der Waals surface area contributed by atoms with Crippen molar-refractivity contribution in [2.24, 2.45) is 0 Å². The molecule has 0 radical (unpaired) electrons. The summed E-state index contributed by atoms with van der Waals surface area (Å²) in [6, 6.07) is 38.2. The van der Waals surface area contributed by atoms with E-state index in [1.54, 1.807) is 6.07 Å². The van der Waals surface area contributed by atoms with Gasteiger partial charge in [0, 0.05) is 23.7 Å². The highest BCUT2D eigenvalue weighted by Crippen LogP contribution is 2.41. The second-order valence-electron chi connectivity index (χ2n) is 11.3. The summed E-state index contributed by atoms with van der Waals surface area (Å²) in [6.45, 7) is 0.395. The number of hydrogen-bond acceptors (Lipinski definition) is 4. The molecule has 0 bridgehead atoms. The zero-order valence-electron chi connectivity index (χ0n) is 24.3. The number of aromatic nitrogens is 1. The molecule has 0 spiro atoms. The van der Waals surface area contributed by atoms with Crippen LogP contribution in [0.1, 0.15) is 71.5 Å². The molecule has 0 aliphatic heterocycles. The molecule has 0 unspecified atom stereocenters. The van der Waals surface area contributed by atoms with E-state index in [2.05, 4.69) is 53.1 Å². The van der Waals surface area contributed by atoms with Crippen LogP contribution in [0.5, 0.6) is 0 Å². The maximum Gasteiger partial charge on any atom is 0.147 e. The molecule has 216 valence electrons. The van der Waals surface area contributed by atoms with Crippen molar-refractivity contribution in [3.63, 3.8) is 0 Å². The Morgan fingerprint density at radius 3 is 1.84 bits per heavy atom. The van der Waals surface area contributed by atoms with Crippen LogP contribution in [-0.4, -0.2) is 11.2 Å². The summed E-state index contributed by atoms with van der Waals surface area (Å²) in [6.07, 6.45) is 9.56. The molecule has 0 saturated heterocycles. The Morgan fingerprint density at radius 1 is 0.744 bits per heavy atom. The molecule has 3 N–H and O–H groups in total. The Labute approximate surface area is 253 Å². The average Bonchev–Trinajstić information content (AvgIpc) is 3.09. The summed E-state index contributed by atoms with van der Waals surface area (Å²) in [5.41, 5.74) is 5.92. The van der Waals surface area contributed by atoms with Gasteiger partial charge < -0.3 is 16.0 Å². The van der Waals surface area contributed by atoms with Crippen molar-refractivity contribution >= 4 is 17.6 Å². The van der Waals surface area contributed by atoms with Crippen LogP contribution >= 0.6 is 0 Å². The standard InChI is InChI=1S/C38H37FN4/c39-35-23-30(25-40)36(24-37(35)42-27-34-22-21-29(26-41-34)28-13-5-1-6-14-28)43-38(31-15-7-2-8-16-31,32-17-9-3-10-18-32)33-19-11-4-12-20-33/h2-4,7-12,15-26,28,40,42-43H,1,5-6,13-14,27H2. The molecule has 1 aliphatic rings. The highest BCUT2D eigenvalue weighted by molar-refractivity contribution is 5.88. The van der Waals surface area contributed by atoms with E-state index in [9.17, 15) is 0 Å². The van der Waals surface area contributed by atoms with Gasteiger partial charge in [-0.15, -0.1) is 0 Å². The van der Waals surface area contributed by atoms with Crippen molar-refractivity contribution in [3.8, 4) is 0 Å². The second-order valence-corrected chi connectivity index (χ2v) is 11.3. The number of hydrogen-bond donors (Lipinski definition) is 3. The van der Waals surface area contributed by atoms with Crippen molar-refractivity contribution in [2.75, 3.05) is 10.6 Å². The van der Waals surface area contributed by atoms with Crippen molar-refractivity contribution < 1.29 is 4.39 Å². The summed E-state index contributed by atoms with van der Waals surface area (Å²) < 4.78 is 15.4. The molecule has 6 rings (SSSR count). The first-order valence-corrected chi connectivity index (χ1v) is 15.1. The number of pyridine rings is 1. The largest absolute Gasteiger partial charge is 0.377 e. The smallest absolute Gasteiger partial charge is 0.147 e. The second kappa shape index (κ2) is 13.0. The van der Waals surface area contributed by atoms with E-state index >= 15 is 4.39 Å². The normalized spacial score (nSPS) is 13.8. The molecule has 0 atom stereocenters. The third-order valence-electron chi connectivity index (χ3n) is 8.62. The molecule has 4 aromatic carbocycles. The van der Waals surface area contributed by atoms with Crippen molar-refractivity contribution in [2.45, 2.75) is 50.1 Å². The predicted octanol–water partition coefficient (Wildman–Crippen LogP) is 9.28. The lowest BCUT2D eigenvalue weighted by Gasteiger charge is -2.38. The Hall–Kier alpha value is -4.77. The highest BCUT2D eigenvalue weighted by Gasteiger charge is 2.37. The van der Waals surface area contributed by atoms with Gasteiger partial charge in [-0.3, -0.25) is 4.98 Å². The van der Waals surface area contributed by atoms with E-state index in [1.807, 2.05) is 66.9 Å². The molecule has 1 heterocycles. The molecule has 1 fully saturated rings. The highest BCUT2D eigenvalue weighted by atomic mass is 19.1. The fraction of sp³-hybridized carbons (Fsp3) is 0.211. The maximum absolute atomic E-state index is 15.4. The zero-order chi connectivity index (χ0) is 29.5. The van der Waals surface area contributed by atoms with Crippen LogP contribution in [0, 0.1) is 11.2 Å². The molecule has 5 aromatic rings. The van der Waals surface area contributed by atoms with E-state index < -0.39 is 11.4 Å². The van der Waals surface area contributed by atoms with Gasteiger partial charge in [-0.05, 0) is 59.2 Å². The summed E-state index contributed by atoms with van der Waals surface area (Å²) >= 11 is 0. The average molecular weight is 569 g/mol. The topological polar surface area (TPSA) is 60.8 Å². The first kappa shape index (κ1) is 28.4. The van der Waals surface area contributed by atoms with E-state index in [1.165, 1.54) is 49.9 Å². The number of nitrogens with zero attached hydrogens (tertiary/aromatic N) is 1. The van der Waals surface area contributed by atoms with Gasteiger partial charge in [-0.1, -0.05) is 116 Å². The van der Waals surface area contributed by atoms with Crippen LogP contribution in [0.4, 0.5) is 15.8 Å². The fourth-order valence-electron chi connectivity index (χ4n) is 6.34. The van der Waals surface area contributed by atoms with Crippen LogP contribution < -0.4 is 10.6 Å². The van der Waals surface area contributed by atoms with Gasteiger partial charge in [0.2, 0.25) is 0 Å². The lowest BCUT2D eigenvalue weighted by Crippen LogP contribution is -2.38. The van der Waals surface area contributed by atoms with Gasteiger partial charge in [-0.2, -0.15) is 0 Å². The molecule has 1 aliphatic carbocycles. The van der Waals surface area contributed by atoms with Crippen molar-refractivity contribution in [3.05, 3.63) is 161 Å². The Balaban J connectivity index is 1.36. The van der Waals surface area contributed by atoms with Gasteiger partial charge in [0.15, 0.2) is 0 Å². The Bertz CT molecular complexity index is 1530. The van der Waals surface area contributed by atoms with Crippen LogP contribution in [0.25, 0.3) is 0 Å². The van der Waals surface area contributed by atoms with Crippen molar-refractivity contribution in [1.29, 1.82) is 5.41 Å². The zero-order valence-corrected chi connectivity index (χ0v) is 24.3. The van der Waals surface area contributed by atoms with Crippen molar-refractivity contribution in [1.82, 2.24) is 4.98 Å². The predicted molar refractivity (Wildman–Crippen MR) is 175 cm³/mol. The SMILES string of the molecule is N=Cc1cc(F)c(NCc2ccc(C3CCCCC3)cn2)cc1NC(c1ccccc1)(c1ccccc1)c1ccccc1. The summed E-state index contributed by atoms with van der Waals surface area (Å²) in [4.78, 5) is 4.70. The summed E-state index contributed by atoms with van der Waals surface area (Å²) in [5.74, 6) is 0.190. The monoisotopic (exact) mass is 568 g/mol. The van der Waals surface area contributed by atoms with E-state index in [-0.39, 0.29) is 0 Å². The van der Waals surface area contributed by atoms with Crippen LogP contribution in [0.2, 0.25) is 0 Å².